The molecule has 2 heterocycles. The van der Waals surface area contributed by atoms with Gasteiger partial charge < -0.3 is 5.32 Å². The van der Waals surface area contributed by atoms with Crippen LogP contribution in [-0.2, 0) is 6.54 Å². The minimum absolute atomic E-state index is 0.176. The molecular weight excluding hydrogens is 312 g/mol. The van der Waals surface area contributed by atoms with Crippen molar-refractivity contribution in [1.82, 2.24) is 20.5 Å². The number of hydrogen-bond acceptors (Lipinski definition) is 5. The van der Waals surface area contributed by atoms with Gasteiger partial charge in [0.05, 0.1) is 12.2 Å². The fraction of sp³-hybridized carbons (Fsp3) is 0.125. The number of H-pyrrole nitrogens is 1. The van der Waals surface area contributed by atoms with Crippen LogP contribution in [0.5, 0.6) is 0 Å². The Labute approximate surface area is 136 Å². The quantitative estimate of drug-likeness (QED) is 0.769. The zero-order chi connectivity index (χ0) is 16.2. The van der Waals surface area contributed by atoms with Gasteiger partial charge in [0.15, 0.2) is 0 Å². The molecule has 0 radical (unpaired) electrons. The predicted octanol–water partition coefficient (Wildman–Crippen LogP) is 2.13. The minimum Gasteiger partial charge on any atom is -0.346 e. The summed E-state index contributed by atoms with van der Waals surface area (Å²) in [7, 11) is 0. The maximum atomic E-state index is 12.0. The lowest BCUT2D eigenvalue weighted by Crippen LogP contribution is -2.25. The van der Waals surface area contributed by atoms with Crippen LogP contribution in [0.15, 0.2) is 47.3 Å². The first-order valence-corrected chi connectivity index (χ1v) is 7.81. The van der Waals surface area contributed by atoms with Crippen molar-refractivity contribution in [3.05, 3.63) is 69.1 Å². The molecule has 1 aromatic carbocycles. The third kappa shape index (κ3) is 3.51. The maximum Gasteiger partial charge on any atom is 0.272 e. The van der Waals surface area contributed by atoms with Gasteiger partial charge in [-0.15, -0.1) is 11.3 Å². The van der Waals surface area contributed by atoms with Crippen molar-refractivity contribution in [2.24, 2.45) is 0 Å². The molecule has 3 rings (SSSR count). The molecule has 116 valence electrons. The van der Waals surface area contributed by atoms with Crippen molar-refractivity contribution in [3.8, 4) is 10.6 Å². The Bertz CT molecular complexity index is 866. The van der Waals surface area contributed by atoms with E-state index < -0.39 is 0 Å². The van der Waals surface area contributed by atoms with E-state index >= 15 is 0 Å². The molecule has 0 unspecified atom stereocenters. The maximum absolute atomic E-state index is 12.0. The zero-order valence-electron chi connectivity index (χ0n) is 12.4. The fourth-order valence-corrected chi connectivity index (χ4v) is 3.03. The summed E-state index contributed by atoms with van der Waals surface area (Å²) in [6.45, 7) is 2.29. The highest BCUT2D eigenvalue weighted by Gasteiger charge is 2.12. The number of thiazole rings is 1. The summed E-state index contributed by atoms with van der Waals surface area (Å²) < 4.78 is 0. The summed E-state index contributed by atoms with van der Waals surface area (Å²) >= 11 is 1.55. The molecule has 0 aliphatic carbocycles. The van der Waals surface area contributed by atoms with Crippen LogP contribution in [0.25, 0.3) is 10.6 Å². The van der Waals surface area contributed by atoms with Gasteiger partial charge in [-0.25, -0.2) is 10.1 Å². The summed E-state index contributed by atoms with van der Waals surface area (Å²) in [4.78, 5) is 28.5. The molecule has 0 aliphatic heterocycles. The normalized spacial score (nSPS) is 10.5. The molecule has 7 heteroatoms. The number of amides is 1. The molecular formula is C16H14N4O2S. The van der Waals surface area contributed by atoms with Crippen molar-refractivity contribution in [2.75, 3.05) is 0 Å². The van der Waals surface area contributed by atoms with E-state index in [0.29, 0.717) is 6.54 Å². The van der Waals surface area contributed by atoms with Gasteiger partial charge in [-0.2, -0.15) is 5.10 Å². The van der Waals surface area contributed by atoms with Crippen molar-refractivity contribution in [3.63, 3.8) is 0 Å². The zero-order valence-corrected chi connectivity index (χ0v) is 13.2. The Morgan fingerprint density at radius 1 is 1.22 bits per heavy atom. The van der Waals surface area contributed by atoms with Gasteiger partial charge in [0.25, 0.3) is 11.5 Å². The molecule has 0 saturated heterocycles. The summed E-state index contributed by atoms with van der Waals surface area (Å²) in [5, 5.41) is 9.66. The number of benzene rings is 1. The second kappa shape index (κ2) is 6.53. The number of nitrogens with zero attached hydrogens (tertiary/aromatic N) is 2. The van der Waals surface area contributed by atoms with Crippen LogP contribution in [0.2, 0.25) is 0 Å². The van der Waals surface area contributed by atoms with Crippen molar-refractivity contribution < 1.29 is 4.79 Å². The first-order valence-electron chi connectivity index (χ1n) is 6.99. The highest BCUT2D eigenvalue weighted by atomic mass is 32.1. The highest BCUT2D eigenvalue weighted by molar-refractivity contribution is 7.15. The average molecular weight is 326 g/mol. The molecule has 2 N–H and O–H groups in total. The first-order chi connectivity index (χ1) is 11.1. The topological polar surface area (TPSA) is 87.7 Å². The van der Waals surface area contributed by atoms with E-state index in [9.17, 15) is 9.59 Å². The van der Waals surface area contributed by atoms with Crippen LogP contribution in [0, 0.1) is 6.92 Å². The number of aromatic amines is 1. The van der Waals surface area contributed by atoms with E-state index in [0.717, 1.165) is 21.1 Å². The summed E-state index contributed by atoms with van der Waals surface area (Å²) in [5.74, 6) is -0.338. The molecule has 0 fully saturated rings. The number of hydrogen-bond donors (Lipinski definition) is 2. The van der Waals surface area contributed by atoms with E-state index in [-0.39, 0.29) is 17.2 Å². The monoisotopic (exact) mass is 326 g/mol. The second-order valence-corrected chi connectivity index (χ2v) is 5.97. The Kier molecular flexibility index (Phi) is 4.29. The summed E-state index contributed by atoms with van der Waals surface area (Å²) in [5.41, 5.74) is 1.78. The number of aryl methyl sites for hydroxylation is 1. The van der Waals surface area contributed by atoms with Crippen molar-refractivity contribution >= 4 is 17.2 Å². The van der Waals surface area contributed by atoms with Crippen LogP contribution < -0.4 is 10.9 Å². The number of carbonyl (C=O) groups excluding carboxylic acids is 1. The van der Waals surface area contributed by atoms with E-state index in [2.05, 4.69) is 20.5 Å². The van der Waals surface area contributed by atoms with Crippen LogP contribution in [0.4, 0.5) is 0 Å². The third-order valence-electron chi connectivity index (χ3n) is 3.23. The van der Waals surface area contributed by atoms with E-state index in [1.54, 1.807) is 11.3 Å². The van der Waals surface area contributed by atoms with Crippen LogP contribution in [0.3, 0.4) is 0 Å². The van der Waals surface area contributed by atoms with E-state index in [4.69, 9.17) is 0 Å². The minimum atomic E-state index is -0.340. The van der Waals surface area contributed by atoms with Crippen LogP contribution >= 0.6 is 11.3 Å². The molecule has 0 aliphatic rings. The highest BCUT2D eigenvalue weighted by Crippen LogP contribution is 2.27. The molecule has 1 amide bonds. The number of aromatic nitrogens is 3. The Balaban J connectivity index is 1.71. The van der Waals surface area contributed by atoms with Crippen LogP contribution in [0.1, 0.15) is 21.1 Å². The lowest BCUT2D eigenvalue weighted by molar-refractivity contribution is 0.0945. The number of carbonyl (C=O) groups is 1. The standard InChI is InChI=1S/C16H14N4O2S/c1-10-13(23-16(18-10)11-5-3-2-4-6-11)9-17-15(22)12-7-8-14(21)20-19-12/h2-8H,9H2,1H3,(H,17,22)(H,20,21). The van der Waals surface area contributed by atoms with Crippen molar-refractivity contribution in [1.29, 1.82) is 0 Å². The number of rotatable bonds is 4. The lowest BCUT2D eigenvalue weighted by atomic mass is 10.2. The molecule has 6 nitrogen and oxygen atoms in total. The Morgan fingerprint density at radius 3 is 2.70 bits per heavy atom. The molecule has 0 atom stereocenters. The second-order valence-electron chi connectivity index (χ2n) is 4.88. The summed E-state index contributed by atoms with van der Waals surface area (Å²) in [6.07, 6.45) is 0. The SMILES string of the molecule is Cc1nc(-c2ccccc2)sc1CNC(=O)c1ccc(=O)[nH]n1. The van der Waals surface area contributed by atoms with Gasteiger partial charge in [-0.1, -0.05) is 30.3 Å². The van der Waals surface area contributed by atoms with Crippen LogP contribution in [-0.4, -0.2) is 21.1 Å². The summed E-state index contributed by atoms with van der Waals surface area (Å²) in [6, 6.07) is 12.6. The van der Waals surface area contributed by atoms with Gasteiger partial charge in [0.1, 0.15) is 10.7 Å². The number of nitrogens with one attached hydrogen (secondary N) is 2. The molecule has 23 heavy (non-hydrogen) atoms. The first kappa shape index (κ1) is 15.1. The van der Waals surface area contributed by atoms with E-state index in [1.165, 1.54) is 12.1 Å². The molecule has 3 aromatic rings. The molecule has 2 aromatic heterocycles. The average Bonchev–Trinajstić information content (AvgIpc) is 2.95. The van der Waals surface area contributed by atoms with Crippen molar-refractivity contribution in [2.45, 2.75) is 13.5 Å². The Hall–Kier alpha value is -2.80. The largest absolute Gasteiger partial charge is 0.346 e. The third-order valence-corrected chi connectivity index (χ3v) is 4.44. The van der Waals surface area contributed by atoms with Gasteiger partial charge in [-0.3, -0.25) is 9.59 Å². The lowest BCUT2D eigenvalue weighted by Gasteiger charge is -2.02. The smallest absolute Gasteiger partial charge is 0.272 e. The Morgan fingerprint density at radius 2 is 2.00 bits per heavy atom. The predicted molar refractivity (Wildman–Crippen MR) is 88.3 cm³/mol. The van der Waals surface area contributed by atoms with Gasteiger partial charge in [-0.05, 0) is 13.0 Å². The van der Waals surface area contributed by atoms with E-state index in [1.807, 2.05) is 37.3 Å². The van der Waals surface area contributed by atoms with Gasteiger partial charge in [0, 0.05) is 16.5 Å². The fourth-order valence-electron chi connectivity index (χ4n) is 2.02. The molecule has 0 saturated carbocycles. The van der Waals surface area contributed by atoms with Gasteiger partial charge >= 0.3 is 0 Å². The molecule has 0 spiro atoms. The molecule has 0 bridgehead atoms. The van der Waals surface area contributed by atoms with Gasteiger partial charge in [0.2, 0.25) is 0 Å².